The molecule has 1 fully saturated rings. The molecule has 2 atom stereocenters. The standard InChI is InChI=1S/C12H15N3O5/c16-11(10-5-7(6-13-10)15(19)20)14-9-4-2-1-3-8(9)12(17)18/h5-6,8-9,13H,1-4H2,(H,14,16)(H,17,18). The molecular formula is C12H15N3O5. The molecule has 1 aliphatic carbocycles. The van der Waals surface area contributed by atoms with Gasteiger partial charge in [-0.1, -0.05) is 12.8 Å². The number of carboxylic acid groups (broad SMARTS) is 1. The molecule has 0 saturated heterocycles. The molecular weight excluding hydrogens is 266 g/mol. The van der Waals surface area contributed by atoms with Gasteiger partial charge in [0.2, 0.25) is 0 Å². The van der Waals surface area contributed by atoms with Gasteiger partial charge in [0, 0.05) is 12.1 Å². The van der Waals surface area contributed by atoms with Crippen LogP contribution in [0.4, 0.5) is 5.69 Å². The Morgan fingerprint density at radius 3 is 2.70 bits per heavy atom. The molecule has 1 saturated carbocycles. The number of aliphatic carboxylic acids is 1. The van der Waals surface area contributed by atoms with Gasteiger partial charge in [0.05, 0.1) is 17.0 Å². The lowest BCUT2D eigenvalue weighted by molar-refractivity contribution is -0.384. The van der Waals surface area contributed by atoms with Crippen LogP contribution in [-0.2, 0) is 4.79 Å². The van der Waals surface area contributed by atoms with Gasteiger partial charge in [0.25, 0.3) is 11.6 Å². The van der Waals surface area contributed by atoms with E-state index in [1.54, 1.807) is 0 Å². The summed E-state index contributed by atoms with van der Waals surface area (Å²) in [5, 5.41) is 22.3. The first-order valence-corrected chi connectivity index (χ1v) is 6.35. The number of amides is 1. The van der Waals surface area contributed by atoms with Crippen molar-refractivity contribution in [2.45, 2.75) is 31.7 Å². The van der Waals surface area contributed by atoms with Gasteiger partial charge in [-0.2, -0.15) is 0 Å². The number of hydrogen-bond donors (Lipinski definition) is 3. The average Bonchev–Trinajstić information content (AvgIpc) is 2.89. The molecule has 0 spiro atoms. The van der Waals surface area contributed by atoms with Gasteiger partial charge in [0.15, 0.2) is 0 Å². The maximum absolute atomic E-state index is 12.0. The quantitative estimate of drug-likeness (QED) is 0.566. The Balaban J connectivity index is 2.05. The summed E-state index contributed by atoms with van der Waals surface area (Å²) in [6.45, 7) is 0. The molecule has 1 aromatic rings. The highest BCUT2D eigenvalue weighted by molar-refractivity contribution is 5.93. The smallest absolute Gasteiger partial charge is 0.308 e. The molecule has 2 rings (SSSR count). The first kappa shape index (κ1) is 14.0. The summed E-state index contributed by atoms with van der Waals surface area (Å²) in [4.78, 5) is 35.5. The van der Waals surface area contributed by atoms with E-state index in [1.807, 2.05) is 0 Å². The van der Waals surface area contributed by atoms with Crippen molar-refractivity contribution in [2.75, 3.05) is 0 Å². The van der Waals surface area contributed by atoms with Crippen LogP contribution in [0.5, 0.6) is 0 Å². The number of nitrogens with one attached hydrogen (secondary N) is 2. The van der Waals surface area contributed by atoms with E-state index < -0.39 is 28.8 Å². The molecule has 1 amide bonds. The van der Waals surface area contributed by atoms with Gasteiger partial charge in [0.1, 0.15) is 5.69 Å². The summed E-state index contributed by atoms with van der Waals surface area (Å²) >= 11 is 0. The van der Waals surface area contributed by atoms with Crippen molar-refractivity contribution in [3.05, 3.63) is 28.1 Å². The number of aromatic amines is 1. The molecule has 3 N–H and O–H groups in total. The molecule has 1 aromatic heterocycles. The predicted molar refractivity (Wildman–Crippen MR) is 68.3 cm³/mol. The number of H-pyrrole nitrogens is 1. The Kier molecular flexibility index (Phi) is 4.02. The number of nitro groups is 1. The Hall–Kier alpha value is -2.38. The number of hydrogen-bond acceptors (Lipinski definition) is 4. The van der Waals surface area contributed by atoms with Gasteiger partial charge in [-0.15, -0.1) is 0 Å². The first-order valence-electron chi connectivity index (χ1n) is 6.35. The molecule has 0 aliphatic heterocycles. The molecule has 0 radical (unpaired) electrons. The normalized spacial score (nSPS) is 22.2. The van der Waals surface area contributed by atoms with Gasteiger partial charge in [-0.3, -0.25) is 19.7 Å². The minimum absolute atomic E-state index is 0.0615. The molecule has 20 heavy (non-hydrogen) atoms. The first-order chi connectivity index (χ1) is 9.49. The zero-order chi connectivity index (χ0) is 14.7. The highest BCUT2D eigenvalue weighted by Crippen LogP contribution is 2.25. The van der Waals surface area contributed by atoms with Crippen molar-refractivity contribution >= 4 is 17.6 Å². The van der Waals surface area contributed by atoms with Gasteiger partial charge < -0.3 is 15.4 Å². The zero-order valence-corrected chi connectivity index (χ0v) is 10.7. The van der Waals surface area contributed by atoms with Crippen molar-refractivity contribution in [1.29, 1.82) is 0 Å². The van der Waals surface area contributed by atoms with E-state index in [1.165, 1.54) is 0 Å². The van der Waals surface area contributed by atoms with E-state index in [4.69, 9.17) is 5.11 Å². The second-order valence-electron chi connectivity index (χ2n) is 4.84. The molecule has 0 aromatic carbocycles. The molecule has 8 nitrogen and oxygen atoms in total. The van der Waals surface area contributed by atoms with Crippen LogP contribution in [0.2, 0.25) is 0 Å². The number of rotatable bonds is 4. The van der Waals surface area contributed by atoms with Crippen LogP contribution in [0.25, 0.3) is 0 Å². The fourth-order valence-corrected chi connectivity index (χ4v) is 2.46. The third-order valence-electron chi connectivity index (χ3n) is 3.52. The van der Waals surface area contributed by atoms with Crippen LogP contribution < -0.4 is 5.32 Å². The summed E-state index contributed by atoms with van der Waals surface area (Å²) in [5.41, 5.74) is -0.139. The number of carbonyl (C=O) groups is 2. The third-order valence-corrected chi connectivity index (χ3v) is 3.52. The molecule has 1 aliphatic rings. The Morgan fingerprint density at radius 1 is 1.40 bits per heavy atom. The number of nitrogens with zero attached hydrogens (tertiary/aromatic N) is 1. The van der Waals surface area contributed by atoms with Gasteiger partial charge in [-0.25, -0.2) is 0 Å². The van der Waals surface area contributed by atoms with Crippen LogP contribution in [0.15, 0.2) is 12.3 Å². The van der Waals surface area contributed by atoms with Crippen LogP contribution in [0.1, 0.15) is 36.2 Å². The van der Waals surface area contributed by atoms with E-state index in [0.29, 0.717) is 12.8 Å². The molecule has 108 valence electrons. The average molecular weight is 281 g/mol. The number of carboxylic acids is 1. The monoisotopic (exact) mass is 281 g/mol. The highest BCUT2D eigenvalue weighted by atomic mass is 16.6. The Bertz CT molecular complexity index is 539. The number of carbonyl (C=O) groups excluding carboxylic acids is 1. The largest absolute Gasteiger partial charge is 0.481 e. The highest BCUT2D eigenvalue weighted by Gasteiger charge is 2.32. The Labute approximate surface area is 114 Å². The van der Waals surface area contributed by atoms with Crippen LogP contribution in [0.3, 0.4) is 0 Å². The fourth-order valence-electron chi connectivity index (χ4n) is 2.46. The lowest BCUT2D eigenvalue weighted by atomic mass is 9.84. The van der Waals surface area contributed by atoms with Crippen molar-refractivity contribution in [3.8, 4) is 0 Å². The zero-order valence-electron chi connectivity index (χ0n) is 10.7. The maximum atomic E-state index is 12.0. The minimum Gasteiger partial charge on any atom is -0.481 e. The van der Waals surface area contributed by atoms with Crippen molar-refractivity contribution < 1.29 is 19.6 Å². The minimum atomic E-state index is -0.924. The molecule has 1 heterocycles. The lowest BCUT2D eigenvalue weighted by Crippen LogP contribution is -2.45. The van der Waals surface area contributed by atoms with Crippen molar-refractivity contribution in [2.24, 2.45) is 5.92 Å². The lowest BCUT2D eigenvalue weighted by Gasteiger charge is -2.29. The number of aromatic nitrogens is 1. The van der Waals surface area contributed by atoms with Crippen LogP contribution in [0, 0.1) is 16.0 Å². The van der Waals surface area contributed by atoms with E-state index in [-0.39, 0.29) is 11.4 Å². The van der Waals surface area contributed by atoms with Gasteiger partial charge in [-0.05, 0) is 12.8 Å². The maximum Gasteiger partial charge on any atom is 0.308 e. The topological polar surface area (TPSA) is 125 Å². The molecule has 8 heteroatoms. The molecule has 2 unspecified atom stereocenters. The summed E-state index contributed by atoms with van der Waals surface area (Å²) in [7, 11) is 0. The van der Waals surface area contributed by atoms with Crippen LogP contribution >= 0.6 is 0 Å². The van der Waals surface area contributed by atoms with E-state index in [2.05, 4.69) is 10.3 Å². The summed E-state index contributed by atoms with van der Waals surface area (Å²) in [5.74, 6) is -2.04. The van der Waals surface area contributed by atoms with Crippen molar-refractivity contribution in [3.63, 3.8) is 0 Å². The van der Waals surface area contributed by atoms with Gasteiger partial charge >= 0.3 is 5.97 Å². The van der Waals surface area contributed by atoms with Crippen molar-refractivity contribution in [1.82, 2.24) is 10.3 Å². The van der Waals surface area contributed by atoms with E-state index in [9.17, 15) is 19.7 Å². The summed E-state index contributed by atoms with van der Waals surface area (Å²) in [6, 6.07) is 0.699. The predicted octanol–water partition coefficient (Wildman–Crippen LogP) is 1.30. The Morgan fingerprint density at radius 2 is 2.10 bits per heavy atom. The fraction of sp³-hybridized carbons (Fsp3) is 0.500. The molecule has 0 bridgehead atoms. The summed E-state index contributed by atoms with van der Waals surface area (Å²) < 4.78 is 0. The second kappa shape index (κ2) is 5.72. The van der Waals surface area contributed by atoms with E-state index >= 15 is 0 Å². The van der Waals surface area contributed by atoms with E-state index in [0.717, 1.165) is 25.1 Å². The SMILES string of the molecule is O=C(NC1CCCCC1C(=O)O)c1cc([N+](=O)[O-])c[nH]1. The third kappa shape index (κ3) is 2.95. The summed E-state index contributed by atoms with van der Waals surface area (Å²) in [6.07, 6.45) is 3.96. The van der Waals surface area contributed by atoms with Crippen LogP contribution in [-0.4, -0.2) is 32.9 Å². The second-order valence-corrected chi connectivity index (χ2v) is 4.84.